The Kier molecular flexibility index (Phi) is 5.64. The zero-order valence-electron chi connectivity index (χ0n) is 10.4. The van der Waals surface area contributed by atoms with Crippen LogP contribution >= 0.6 is 24.0 Å². The lowest BCUT2D eigenvalue weighted by atomic mass is 10.2. The van der Waals surface area contributed by atoms with E-state index in [0.717, 1.165) is 12.2 Å². The molecular weight excluding hydrogens is 252 g/mol. The summed E-state index contributed by atoms with van der Waals surface area (Å²) in [6.07, 6.45) is 4.89. The lowest BCUT2D eigenvalue weighted by Gasteiger charge is -2.24. The van der Waals surface area contributed by atoms with Gasteiger partial charge in [0.1, 0.15) is 10.7 Å². The minimum absolute atomic E-state index is 0.304. The molecule has 1 atom stereocenters. The molecule has 0 saturated heterocycles. The Morgan fingerprint density at radius 3 is 2.94 bits per heavy atom. The van der Waals surface area contributed by atoms with Crippen LogP contribution in [-0.4, -0.2) is 40.1 Å². The highest BCUT2D eigenvalue weighted by atomic mass is 32.2. The summed E-state index contributed by atoms with van der Waals surface area (Å²) in [5, 5.41) is 0. The number of hydrogen-bond acceptors (Lipinski definition) is 5. The van der Waals surface area contributed by atoms with Crippen molar-refractivity contribution >= 4 is 34.9 Å². The fraction of sp³-hybridized carbons (Fsp3) is 0.545. The molecule has 1 aromatic heterocycles. The van der Waals surface area contributed by atoms with Gasteiger partial charge in [0.2, 0.25) is 5.95 Å². The zero-order chi connectivity index (χ0) is 12.8. The van der Waals surface area contributed by atoms with Gasteiger partial charge in [-0.05, 0) is 31.4 Å². The van der Waals surface area contributed by atoms with Crippen LogP contribution in [0.25, 0.3) is 0 Å². The summed E-state index contributed by atoms with van der Waals surface area (Å²) in [5.74, 6) is 1.80. The second-order valence-corrected chi connectivity index (χ2v) is 5.27. The summed E-state index contributed by atoms with van der Waals surface area (Å²) >= 11 is 6.75. The van der Waals surface area contributed by atoms with E-state index in [4.69, 9.17) is 18.0 Å². The highest BCUT2D eigenvalue weighted by Crippen LogP contribution is 2.13. The third-order valence-electron chi connectivity index (χ3n) is 2.61. The van der Waals surface area contributed by atoms with Crippen molar-refractivity contribution in [2.45, 2.75) is 19.4 Å². The van der Waals surface area contributed by atoms with Gasteiger partial charge in [0.05, 0.1) is 0 Å². The summed E-state index contributed by atoms with van der Waals surface area (Å²) in [4.78, 5) is 10.9. The molecule has 0 aliphatic carbocycles. The number of hydrogen-bond donors (Lipinski definition) is 1. The summed E-state index contributed by atoms with van der Waals surface area (Å²) in [6, 6.07) is 2.12. The molecule has 2 N–H and O–H groups in total. The van der Waals surface area contributed by atoms with Crippen molar-refractivity contribution in [3.63, 3.8) is 0 Å². The third kappa shape index (κ3) is 4.12. The third-order valence-corrected chi connectivity index (χ3v) is 3.46. The molecule has 4 nitrogen and oxygen atoms in total. The van der Waals surface area contributed by atoms with Gasteiger partial charge in [-0.25, -0.2) is 9.97 Å². The average Bonchev–Trinajstić information content (AvgIpc) is 2.35. The van der Waals surface area contributed by atoms with E-state index < -0.39 is 0 Å². The van der Waals surface area contributed by atoms with E-state index in [1.165, 1.54) is 0 Å². The van der Waals surface area contributed by atoms with E-state index in [9.17, 15) is 0 Å². The second kappa shape index (κ2) is 6.76. The van der Waals surface area contributed by atoms with Crippen LogP contribution in [0.1, 0.15) is 19.0 Å². The van der Waals surface area contributed by atoms with Crippen LogP contribution in [0.5, 0.6) is 0 Å². The monoisotopic (exact) mass is 270 g/mol. The molecule has 94 valence electrons. The molecule has 1 aromatic rings. The first-order valence-corrected chi connectivity index (χ1v) is 7.21. The maximum atomic E-state index is 5.56. The number of rotatable bonds is 6. The average molecular weight is 270 g/mol. The standard InChI is InChI=1S/C11H18N4S2/c1-8(5-7-17-3)15(2)11-13-6-4-9(14-11)10(12)16/h4,6,8H,5,7H2,1-3H3,(H2,12,16). The van der Waals surface area contributed by atoms with Gasteiger partial charge in [-0.15, -0.1) is 0 Å². The minimum Gasteiger partial charge on any atom is -0.388 e. The molecule has 0 radical (unpaired) electrons. The lowest BCUT2D eigenvalue weighted by Crippen LogP contribution is -2.31. The molecule has 0 aliphatic heterocycles. The van der Waals surface area contributed by atoms with Crippen molar-refractivity contribution in [3.05, 3.63) is 18.0 Å². The van der Waals surface area contributed by atoms with Crippen LogP contribution in [0.15, 0.2) is 12.3 Å². The molecule has 1 unspecified atom stereocenters. The molecule has 1 heterocycles. The molecule has 0 spiro atoms. The number of anilines is 1. The van der Waals surface area contributed by atoms with Gasteiger partial charge in [0.25, 0.3) is 0 Å². The van der Waals surface area contributed by atoms with Crippen molar-refractivity contribution < 1.29 is 0 Å². The highest BCUT2D eigenvalue weighted by Gasteiger charge is 2.12. The van der Waals surface area contributed by atoms with Gasteiger partial charge in [0, 0.05) is 19.3 Å². The Hall–Kier alpha value is -0.880. The highest BCUT2D eigenvalue weighted by molar-refractivity contribution is 7.98. The summed E-state index contributed by atoms with van der Waals surface area (Å²) < 4.78 is 0. The van der Waals surface area contributed by atoms with Crippen molar-refractivity contribution in [2.75, 3.05) is 24.0 Å². The number of thioether (sulfide) groups is 1. The number of thiocarbonyl (C=S) groups is 1. The molecule has 0 aromatic carbocycles. The van der Waals surface area contributed by atoms with Gasteiger partial charge >= 0.3 is 0 Å². The van der Waals surface area contributed by atoms with Crippen molar-refractivity contribution in [2.24, 2.45) is 5.73 Å². The predicted octanol–water partition coefficient (Wildman–Crippen LogP) is 1.69. The fourth-order valence-corrected chi connectivity index (χ4v) is 2.03. The van der Waals surface area contributed by atoms with E-state index >= 15 is 0 Å². The van der Waals surface area contributed by atoms with Gasteiger partial charge in [-0.3, -0.25) is 0 Å². The molecule has 6 heteroatoms. The molecule has 0 saturated carbocycles. The van der Waals surface area contributed by atoms with E-state index in [-0.39, 0.29) is 0 Å². The Morgan fingerprint density at radius 1 is 1.65 bits per heavy atom. The first-order valence-electron chi connectivity index (χ1n) is 5.41. The number of nitrogens with two attached hydrogens (primary N) is 1. The largest absolute Gasteiger partial charge is 0.388 e. The van der Waals surface area contributed by atoms with E-state index in [0.29, 0.717) is 22.7 Å². The van der Waals surface area contributed by atoms with Crippen LogP contribution in [-0.2, 0) is 0 Å². The van der Waals surface area contributed by atoms with Crippen molar-refractivity contribution in [1.82, 2.24) is 9.97 Å². The minimum atomic E-state index is 0.304. The van der Waals surface area contributed by atoms with Crippen LogP contribution in [0.2, 0.25) is 0 Å². The normalized spacial score (nSPS) is 12.2. The van der Waals surface area contributed by atoms with Crippen LogP contribution in [0.3, 0.4) is 0 Å². The van der Waals surface area contributed by atoms with Gasteiger partial charge in [-0.1, -0.05) is 12.2 Å². The molecular formula is C11H18N4S2. The number of aromatic nitrogens is 2. The summed E-state index contributed by atoms with van der Waals surface area (Å²) in [5.41, 5.74) is 6.18. The zero-order valence-corrected chi connectivity index (χ0v) is 12.0. The molecule has 17 heavy (non-hydrogen) atoms. The van der Waals surface area contributed by atoms with Gasteiger partial charge in [0.15, 0.2) is 0 Å². The molecule has 0 amide bonds. The predicted molar refractivity (Wildman–Crippen MR) is 78.8 cm³/mol. The second-order valence-electron chi connectivity index (χ2n) is 3.85. The SMILES string of the molecule is CSCCC(C)N(C)c1nccc(C(N)=S)n1. The van der Waals surface area contributed by atoms with Gasteiger partial charge < -0.3 is 10.6 Å². The topological polar surface area (TPSA) is 55.0 Å². The quantitative estimate of drug-likeness (QED) is 0.794. The van der Waals surface area contributed by atoms with E-state index in [1.54, 1.807) is 12.3 Å². The molecule has 0 fully saturated rings. The summed E-state index contributed by atoms with van der Waals surface area (Å²) in [6.45, 7) is 2.16. The maximum absolute atomic E-state index is 5.56. The van der Waals surface area contributed by atoms with Crippen molar-refractivity contribution in [3.8, 4) is 0 Å². The molecule has 0 aliphatic rings. The van der Waals surface area contributed by atoms with Crippen molar-refractivity contribution in [1.29, 1.82) is 0 Å². The molecule has 0 bridgehead atoms. The van der Waals surface area contributed by atoms with Gasteiger partial charge in [-0.2, -0.15) is 11.8 Å². The van der Waals surface area contributed by atoms with E-state index in [2.05, 4.69) is 28.0 Å². The first-order chi connectivity index (χ1) is 8.06. The first kappa shape index (κ1) is 14.2. The fourth-order valence-electron chi connectivity index (χ4n) is 1.33. The van der Waals surface area contributed by atoms with Crippen LogP contribution in [0, 0.1) is 0 Å². The Balaban J connectivity index is 2.77. The Bertz CT molecular complexity index is 383. The van der Waals surface area contributed by atoms with E-state index in [1.807, 2.05) is 18.8 Å². The smallest absolute Gasteiger partial charge is 0.225 e. The Labute approximate surface area is 112 Å². The lowest BCUT2D eigenvalue weighted by molar-refractivity contribution is 0.653. The van der Waals surface area contributed by atoms with Crippen LogP contribution < -0.4 is 10.6 Å². The summed E-state index contributed by atoms with van der Waals surface area (Å²) in [7, 11) is 1.99. The van der Waals surface area contributed by atoms with Crippen LogP contribution in [0.4, 0.5) is 5.95 Å². The Morgan fingerprint density at radius 2 is 2.35 bits per heavy atom. The molecule has 1 rings (SSSR count). The maximum Gasteiger partial charge on any atom is 0.225 e. The number of nitrogens with zero attached hydrogens (tertiary/aromatic N) is 3.